The van der Waals surface area contributed by atoms with E-state index in [9.17, 15) is 26.4 Å². The Balaban J connectivity index is 1.63. The lowest BCUT2D eigenvalue weighted by atomic mass is 10.2. The minimum absolute atomic E-state index is 0.0596. The van der Waals surface area contributed by atoms with Crippen LogP contribution in [0.2, 0.25) is 0 Å². The van der Waals surface area contributed by atoms with Gasteiger partial charge in [-0.15, -0.1) is 11.3 Å². The molecule has 2 aromatic heterocycles. The third-order valence-electron chi connectivity index (χ3n) is 3.95. The van der Waals surface area contributed by atoms with Gasteiger partial charge >= 0.3 is 6.18 Å². The molecule has 3 aromatic rings. The van der Waals surface area contributed by atoms with E-state index in [-0.39, 0.29) is 25.1 Å². The number of nitrogens with one attached hydrogen (secondary N) is 1. The first-order chi connectivity index (χ1) is 13.7. The minimum Gasteiger partial charge on any atom is -0.268 e. The van der Waals surface area contributed by atoms with Gasteiger partial charge in [-0.3, -0.25) is 4.79 Å². The van der Waals surface area contributed by atoms with Crippen molar-refractivity contribution in [2.75, 3.05) is 6.54 Å². The number of nitrogens with zero attached hydrogens (tertiary/aromatic N) is 2. The van der Waals surface area contributed by atoms with E-state index in [1.165, 1.54) is 22.1 Å². The Morgan fingerprint density at radius 2 is 1.90 bits per heavy atom. The van der Waals surface area contributed by atoms with E-state index in [2.05, 4.69) is 9.82 Å². The molecule has 29 heavy (non-hydrogen) atoms. The van der Waals surface area contributed by atoms with Crippen LogP contribution >= 0.6 is 11.3 Å². The fourth-order valence-electron chi connectivity index (χ4n) is 2.52. The van der Waals surface area contributed by atoms with Crippen LogP contribution in [0.15, 0.2) is 63.6 Å². The van der Waals surface area contributed by atoms with Crippen LogP contribution in [0.1, 0.15) is 12.0 Å². The van der Waals surface area contributed by atoms with E-state index in [0.29, 0.717) is 11.8 Å². The molecule has 154 valence electrons. The van der Waals surface area contributed by atoms with Gasteiger partial charge in [0.25, 0.3) is 5.56 Å². The van der Waals surface area contributed by atoms with Crippen LogP contribution in [0.25, 0.3) is 10.6 Å². The summed E-state index contributed by atoms with van der Waals surface area (Å²) in [6, 6.07) is 10.2. The van der Waals surface area contributed by atoms with Gasteiger partial charge in [0.1, 0.15) is 5.69 Å². The van der Waals surface area contributed by atoms with Gasteiger partial charge in [0.05, 0.1) is 15.3 Å². The van der Waals surface area contributed by atoms with Crippen molar-refractivity contribution < 1.29 is 21.6 Å². The largest absolute Gasteiger partial charge is 0.416 e. The molecule has 2 heterocycles. The Bertz CT molecular complexity index is 1140. The van der Waals surface area contributed by atoms with E-state index in [0.717, 1.165) is 23.1 Å². The third-order valence-corrected chi connectivity index (χ3v) is 6.30. The summed E-state index contributed by atoms with van der Waals surface area (Å²) in [5.74, 6) is 0. The topological polar surface area (TPSA) is 81.1 Å². The number of sulfonamides is 1. The van der Waals surface area contributed by atoms with Crippen LogP contribution in [0.4, 0.5) is 13.2 Å². The van der Waals surface area contributed by atoms with Crippen LogP contribution < -0.4 is 10.3 Å². The average Bonchev–Trinajstić information content (AvgIpc) is 3.21. The molecule has 0 spiro atoms. The van der Waals surface area contributed by atoms with E-state index in [4.69, 9.17) is 0 Å². The molecule has 0 aliphatic heterocycles. The highest BCUT2D eigenvalue weighted by Gasteiger charge is 2.31. The van der Waals surface area contributed by atoms with Crippen molar-refractivity contribution in [3.05, 3.63) is 69.8 Å². The Kier molecular flexibility index (Phi) is 6.20. The second-order valence-electron chi connectivity index (χ2n) is 6.03. The number of hydrogen-bond acceptors (Lipinski definition) is 5. The molecule has 1 N–H and O–H groups in total. The number of thiophene rings is 1. The SMILES string of the molecule is O=c1ccc(-c2cccs2)nn1CCCNS(=O)(=O)c1cccc(C(F)(F)F)c1. The summed E-state index contributed by atoms with van der Waals surface area (Å²) in [5, 5.41) is 6.14. The maximum Gasteiger partial charge on any atom is 0.416 e. The van der Waals surface area contributed by atoms with Crippen LogP contribution in [-0.2, 0) is 22.7 Å². The summed E-state index contributed by atoms with van der Waals surface area (Å²) in [7, 11) is -4.11. The number of hydrogen-bond donors (Lipinski definition) is 1. The number of halogens is 3. The van der Waals surface area contributed by atoms with Crippen molar-refractivity contribution in [3.63, 3.8) is 0 Å². The quantitative estimate of drug-likeness (QED) is 0.568. The Hall–Kier alpha value is -2.50. The van der Waals surface area contributed by atoms with Crippen molar-refractivity contribution in [2.45, 2.75) is 24.0 Å². The highest BCUT2D eigenvalue weighted by molar-refractivity contribution is 7.89. The molecule has 3 rings (SSSR count). The van der Waals surface area contributed by atoms with E-state index < -0.39 is 26.7 Å². The molecule has 0 atom stereocenters. The molecule has 0 radical (unpaired) electrons. The van der Waals surface area contributed by atoms with Crippen molar-refractivity contribution in [2.24, 2.45) is 0 Å². The fourth-order valence-corrected chi connectivity index (χ4v) is 4.33. The standard InChI is InChI=1S/C18H16F3N3O3S2/c19-18(20,21)13-4-1-5-14(12-13)29(26,27)22-9-3-10-24-17(25)8-7-15(23-24)16-6-2-11-28-16/h1-2,4-8,11-12,22H,3,9-10H2. The number of aryl methyl sites for hydroxylation is 1. The zero-order valence-corrected chi connectivity index (χ0v) is 16.5. The van der Waals surface area contributed by atoms with Gasteiger partial charge in [-0.1, -0.05) is 12.1 Å². The lowest BCUT2D eigenvalue weighted by molar-refractivity contribution is -0.137. The Labute approximate surface area is 168 Å². The van der Waals surface area contributed by atoms with Crippen LogP contribution in [-0.4, -0.2) is 24.7 Å². The summed E-state index contributed by atoms with van der Waals surface area (Å²) < 4.78 is 66.3. The zero-order chi connectivity index (χ0) is 21.1. The summed E-state index contributed by atoms with van der Waals surface area (Å²) in [6.45, 7) is 0.0963. The van der Waals surface area contributed by atoms with Crippen molar-refractivity contribution in [3.8, 4) is 10.6 Å². The maximum atomic E-state index is 12.8. The molecular formula is C18H16F3N3O3S2. The molecule has 0 amide bonds. The third kappa shape index (κ3) is 5.31. The first-order valence-electron chi connectivity index (χ1n) is 8.46. The molecule has 6 nitrogen and oxygen atoms in total. The van der Waals surface area contributed by atoms with Crippen molar-refractivity contribution in [1.82, 2.24) is 14.5 Å². The molecule has 0 aliphatic carbocycles. The predicted octanol–water partition coefficient (Wildman–Crippen LogP) is 3.36. The monoisotopic (exact) mass is 443 g/mol. The molecular weight excluding hydrogens is 427 g/mol. The molecule has 0 aliphatic rings. The van der Waals surface area contributed by atoms with Crippen LogP contribution in [0.3, 0.4) is 0 Å². The smallest absolute Gasteiger partial charge is 0.268 e. The molecule has 0 saturated carbocycles. The summed E-state index contributed by atoms with van der Waals surface area (Å²) >= 11 is 1.47. The minimum atomic E-state index is -4.63. The number of benzene rings is 1. The van der Waals surface area contributed by atoms with E-state index in [1.807, 2.05) is 17.5 Å². The highest BCUT2D eigenvalue weighted by atomic mass is 32.2. The molecule has 1 aromatic carbocycles. The summed E-state index contributed by atoms with van der Waals surface area (Å²) in [5.41, 5.74) is -0.739. The Morgan fingerprint density at radius 3 is 2.59 bits per heavy atom. The van der Waals surface area contributed by atoms with Crippen LogP contribution in [0.5, 0.6) is 0 Å². The second-order valence-corrected chi connectivity index (χ2v) is 8.75. The molecule has 11 heteroatoms. The lowest BCUT2D eigenvalue weighted by Gasteiger charge is -2.11. The first-order valence-corrected chi connectivity index (χ1v) is 10.8. The first kappa shape index (κ1) is 21.2. The van der Waals surface area contributed by atoms with E-state index in [1.54, 1.807) is 6.07 Å². The predicted molar refractivity (Wildman–Crippen MR) is 103 cm³/mol. The molecule has 0 unspecified atom stereocenters. The second kappa shape index (κ2) is 8.47. The van der Waals surface area contributed by atoms with Gasteiger partial charge in [0, 0.05) is 19.2 Å². The fraction of sp³-hybridized carbons (Fsp3) is 0.222. The van der Waals surface area contributed by atoms with Gasteiger partial charge in [0.15, 0.2) is 0 Å². The maximum absolute atomic E-state index is 12.8. The van der Waals surface area contributed by atoms with Gasteiger partial charge < -0.3 is 0 Å². The van der Waals surface area contributed by atoms with Crippen molar-refractivity contribution >= 4 is 21.4 Å². The molecule has 0 saturated heterocycles. The Morgan fingerprint density at radius 1 is 1.10 bits per heavy atom. The highest BCUT2D eigenvalue weighted by Crippen LogP contribution is 2.30. The number of rotatable bonds is 7. The van der Waals surface area contributed by atoms with Gasteiger partial charge in [-0.2, -0.15) is 18.3 Å². The number of aromatic nitrogens is 2. The average molecular weight is 443 g/mol. The number of alkyl halides is 3. The molecule has 0 bridgehead atoms. The van der Waals surface area contributed by atoms with Crippen molar-refractivity contribution in [1.29, 1.82) is 0 Å². The van der Waals surface area contributed by atoms with Crippen LogP contribution in [0, 0.1) is 0 Å². The lowest BCUT2D eigenvalue weighted by Crippen LogP contribution is -2.28. The van der Waals surface area contributed by atoms with Gasteiger partial charge in [-0.25, -0.2) is 17.8 Å². The summed E-state index contributed by atoms with van der Waals surface area (Å²) in [4.78, 5) is 12.4. The molecule has 0 fully saturated rings. The van der Waals surface area contributed by atoms with Gasteiger partial charge in [-0.05, 0) is 42.1 Å². The van der Waals surface area contributed by atoms with Gasteiger partial charge in [0.2, 0.25) is 10.0 Å². The van der Waals surface area contributed by atoms with E-state index >= 15 is 0 Å². The normalized spacial score (nSPS) is 12.2. The zero-order valence-electron chi connectivity index (χ0n) is 14.9. The summed E-state index contributed by atoms with van der Waals surface area (Å²) in [6.07, 6.45) is -4.40.